The summed E-state index contributed by atoms with van der Waals surface area (Å²) in [4.78, 5) is 12.5. The molecule has 0 unspecified atom stereocenters. The summed E-state index contributed by atoms with van der Waals surface area (Å²) >= 11 is 0. The Labute approximate surface area is 105 Å². The number of hydrogen-bond acceptors (Lipinski definition) is 3. The molecule has 0 aromatic heterocycles. The number of carboxylic acids is 1. The molecular weight excluding hydrogens is 216 g/mol. The maximum atomic E-state index is 10.3. The zero-order valence-corrected chi connectivity index (χ0v) is 11.4. The predicted molar refractivity (Wildman–Crippen MR) is 71.4 cm³/mol. The molecule has 0 aliphatic heterocycles. The van der Waals surface area contributed by atoms with E-state index in [2.05, 4.69) is 24.3 Å². The smallest absolute Gasteiger partial charge is 0.303 e. The fraction of sp³-hybridized carbons (Fsp3) is 0.923. The Morgan fingerprint density at radius 2 is 1.59 bits per heavy atom. The molecule has 0 heterocycles. The Bertz CT molecular complexity index is 184. The number of hydrogen-bond donors (Lipinski definition) is 2. The van der Waals surface area contributed by atoms with Crippen LogP contribution in [0, 0.1) is 0 Å². The minimum atomic E-state index is -0.674. The van der Waals surface area contributed by atoms with Crippen LogP contribution in [-0.4, -0.2) is 49.7 Å². The van der Waals surface area contributed by atoms with Crippen LogP contribution in [0.25, 0.3) is 0 Å². The summed E-state index contributed by atoms with van der Waals surface area (Å²) in [5.74, 6) is -0.674. The number of carboxylic acid groups (broad SMARTS) is 1. The average Bonchev–Trinajstić information content (AvgIpc) is 2.25. The second-order valence-corrected chi connectivity index (χ2v) is 4.82. The molecule has 0 saturated heterocycles. The van der Waals surface area contributed by atoms with Gasteiger partial charge in [0.25, 0.3) is 0 Å². The van der Waals surface area contributed by atoms with Gasteiger partial charge in [0.05, 0.1) is 0 Å². The third kappa shape index (κ3) is 15.4. The van der Waals surface area contributed by atoms with E-state index in [0.29, 0.717) is 6.42 Å². The number of unbranched alkanes of at least 4 members (excludes halogenated alkanes) is 4. The van der Waals surface area contributed by atoms with Crippen molar-refractivity contribution in [1.29, 1.82) is 0 Å². The van der Waals surface area contributed by atoms with Crippen molar-refractivity contribution in [3.63, 3.8) is 0 Å². The first kappa shape index (κ1) is 16.4. The molecule has 0 amide bonds. The van der Waals surface area contributed by atoms with Crippen LogP contribution in [-0.2, 0) is 4.79 Å². The van der Waals surface area contributed by atoms with E-state index in [1.807, 2.05) is 0 Å². The standard InChI is InChI=1S/C13H28N2O2/c1-15(2)12-8-11-14-10-7-5-3-4-6-9-13(16)17/h14H,3-12H2,1-2H3,(H,16,17). The summed E-state index contributed by atoms with van der Waals surface area (Å²) < 4.78 is 0. The monoisotopic (exact) mass is 244 g/mol. The molecule has 0 rings (SSSR count). The maximum Gasteiger partial charge on any atom is 0.303 e. The molecule has 102 valence electrons. The molecule has 0 aromatic carbocycles. The summed E-state index contributed by atoms with van der Waals surface area (Å²) in [6.45, 7) is 3.33. The fourth-order valence-corrected chi connectivity index (χ4v) is 1.70. The maximum absolute atomic E-state index is 10.3. The summed E-state index contributed by atoms with van der Waals surface area (Å²) in [6, 6.07) is 0. The minimum Gasteiger partial charge on any atom is -0.481 e. The third-order valence-corrected chi connectivity index (χ3v) is 2.70. The van der Waals surface area contributed by atoms with Crippen LogP contribution in [0.3, 0.4) is 0 Å². The molecule has 0 aromatic rings. The summed E-state index contributed by atoms with van der Waals surface area (Å²) in [7, 11) is 4.19. The van der Waals surface area contributed by atoms with E-state index >= 15 is 0 Å². The van der Waals surface area contributed by atoms with Gasteiger partial charge in [0.2, 0.25) is 0 Å². The first-order valence-electron chi connectivity index (χ1n) is 6.70. The van der Waals surface area contributed by atoms with Crippen molar-refractivity contribution in [1.82, 2.24) is 10.2 Å². The molecule has 0 saturated carbocycles. The van der Waals surface area contributed by atoms with Gasteiger partial charge in [0.1, 0.15) is 0 Å². The van der Waals surface area contributed by atoms with Crippen molar-refractivity contribution in [3.8, 4) is 0 Å². The van der Waals surface area contributed by atoms with E-state index in [-0.39, 0.29) is 0 Å². The lowest BCUT2D eigenvalue weighted by Gasteiger charge is -2.09. The highest BCUT2D eigenvalue weighted by atomic mass is 16.4. The van der Waals surface area contributed by atoms with Gasteiger partial charge < -0.3 is 15.3 Å². The molecule has 0 radical (unpaired) electrons. The van der Waals surface area contributed by atoms with Gasteiger partial charge in [0, 0.05) is 6.42 Å². The van der Waals surface area contributed by atoms with E-state index in [1.165, 1.54) is 19.3 Å². The Kier molecular flexibility index (Phi) is 11.4. The fourth-order valence-electron chi connectivity index (χ4n) is 1.70. The number of rotatable bonds is 12. The van der Waals surface area contributed by atoms with Crippen molar-refractivity contribution < 1.29 is 9.90 Å². The van der Waals surface area contributed by atoms with E-state index in [1.54, 1.807) is 0 Å². The molecule has 0 atom stereocenters. The lowest BCUT2D eigenvalue weighted by molar-refractivity contribution is -0.137. The lowest BCUT2D eigenvalue weighted by atomic mass is 10.1. The molecule has 0 aliphatic carbocycles. The quantitative estimate of drug-likeness (QED) is 0.515. The minimum absolute atomic E-state index is 0.322. The topological polar surface area (TPSA) is 52.6 Å². The number of nitrogens with zero attached hydrogens (tertiary/aromatic N) is 1. The molecule has 17 heavy (non-hydrogen) atoms. The predicted octanol–water partition coefficient (Wildman–Crippen LogP) is 1.95. The van der Waals surface area contributed by atoms with Gasteiger partial charge in [-0.3, -0.25) is 4.79 Å². The highest BCUT2D eigenvalue weighted by Crippen LogP contribution is 2.04. The second kappa shape index (κ2) is 11.9. The highest BCUT2D eigenvalue weighted by Gasteiger charge is 1.96. The molecule has 2 N–H and O–H groups in total. The molecule has 4 nitrogen and oxygen atoms in total. The van der Waals surface area contributed by atoms with E-state index in [0.717, 1.165) is 38.9 Å². The lowest BCUT2D eigenvalue weighted by Crippen LogP contribution is -2.22. The van der Waals surface area contributed by atoms with Crippen molar-refractivity contribution in [2.24, 2.45) is 0 Å². The molecule has 4 heteroatoms. The van der Waals surface area contributed by atoms with Crippen LogP contribution in [0.2, 0.25) is 0 Å². The number of aliphatic carboxylic acids is 1. The van der Waals surface area contributed by atoms with Crippen LogP contribution >= 0.6 is 0 Å². The molecule has 0 spiro atoms. The molecule has 0 aliphatic rings. The normalized spacial score (nSPS) is 11.0. The van der Waals surface area contributed by atoms with E-state index in [4.69, 9.17) is 5.11 Å². The van der Waals surface area contributed by atoms with Crippen molar-refractivity contribution in [3.05, 3.63) is 0 Å². The van der Waals surface area contributed by atoms with Crippen LogP contribution < -0.4 is 5.32 Å². The first-order valence-corrected chi connectivity index (χ1v) is 6.70. The first-order chi connectivity index (χ1) is 8.13. The van der Waals surface area contributed by atoms with Gasteiger partial charge in [-0.05, 0) is 53.0 Å². The largest absolute Gasteiger partial charge is 0.481 e. The number of nitrogens with one attached hydrogen (secondary N) is 1. The van der Waals surface area contributed by atoms with Gasteiger partial charge in [-0.1, -0.05) is 19.3 Å². The Morgan fingerprint density at radius 1 is 1.00 bits per heavy atom. The third-order valence-electron chi connectivity index (χ3n) is 2.70. The van der Waals surface area contributed by atoms with Gasteiger partial charge in [-0.2, -0.15) is 0 Å². The van der Waals surface area contributed by atoms with E-state index < -0.39 is 5.97 Å². The van der Waals surface area contributed by atoms with Crippen molar-refractivity contribution >= 4 is 5.97 Å². The zero-order valence-electron chi connectivity index (χ0n) is 11.4. The summed E-state index contributed by atoms with van der Waals surface area (Å²) in [5, 5.41) is 11.9. The highest BCUT2D eigenvalue weighted by molar-refractivity contribution is 5.66. The Balaban J connectivity index is 2.96. The van der Waals surface area contributed by atoms with Gasteiger partial charge in [-0.25, -0.2) is 0 Å². The van der Waals surface area contributed by atoms with Crippen LogP contribution in [0.15, 0.2) is 0 Å². The SMILES string of the molecule is CN(C)CCCNCCCCCCCC(=O)O. The van der Waals surface area contributed by atoms with Crippen molar-refractivity contribution in [2.75, 3.05) is 33.7 Å². The van der Waals surface area contributed by atoms with Gasteiger partial charge >= 0.3 is 5.97 Å². The van der Waals surface area contributed by atoms with Gasteiger partial charge in [-0.15, -0.1) is 0 Å². The summed E-state index contributed by atoms with van der Waals surface area (Å²) in [6.07, 6.45) is 6.97. The van der Waals surface area contributed by atoms with Crippen LogP contribution in [0.1, 0.15) is 44.9 Å². The second-order valence-electron chi connectivity index (χ2n) is 4.82. The summed E-state index contributed by atoms with van der Waals surface area (Å²) in [5.41, 5.74) is 0. The van der Waals surface area contributed by atoms with Crippen LogP contribution in [0.5, 0.6) is 0 Å². The zero-order chi connectivity index (χ0) is 12.9. The van der Waals surface area contributed by atoms with Crippen LogP contribution in [0.4, 0.5) is 0 Å². The van der Waals surface area contributed by atoms with Crippen molar-refractivity contribution in [2.45, 2.75) is 44.9 Å². The Morgan fingerprint density at radius 3 is 2.24 bits per heavy atom. The number of carbonyl (C=O) groups is 1. The molecule has 0 bridgehead atoms. The molecular formula is C13H28N2O2. The molecule has 0 fully saturated rings. The Hall–Kier alpha value is -0.610. The average molecular weight is 244 g/mol. The van der Waals surface area contributed by atoms with E-state index in [9.17, 15) is 4.79 Å². The van der Waals surface area contributed by atoms with Gasteiger partial charge in [0.15, 0.2) is 0 Å².